The van der Waals surface area contributed by atoms with Crippen molar-refractivity contribution in [3.05, 3.63) is 144 Å². The number of pyridine rings is 2. The number of aliphatic hydroxyl groups is 2. The van der Waals surface area contributed by atoms with Gasteiger partial charge in [-0.15, -0.1) is 22.7 Å². The van der Waals surface area contributed by atoms with Crippen LogP contribution in [0.2, 0.25) is 0 Å². The topological polar surface area (TPSA) is 231 Å². The van der Waals surface area contributed by atoms with Crippen LogP contribution >= 0.6 is 33.4 Å². The number of piperazine rings is 2. The van der Waals surface area contributed by atoms with E-state index in [4.69, 9.17) is 10.7 Å². The largest absolute Gasteiger partial charge is 0.386 e. The van der Waals surface area contributed by atoms with Gasteiger partial charge in [-0.05, 0) is 117 Å². The Balaban J connectivity index is 0.000000205. The molecule has 18 nitrogen and oxygen atoms in total. The van der Waals surface area contributed by atoms with Crippen LogP contribution in [0.5, 0.6) is 0 Å². The Morgan fingerprint density at radius 1 is 0.630 bits per heavy atom. The van der Waals surface area contributed by atoms with Crippen molar-refractivity contribution in [3.8, 4) is 0 Å². The summed E-state index contributed by atoms with van der Waals surface area (Å²) in [4.78, 5) is 11.9. The number of rotatable bonds is 15. The van der Waals surface area contributed by atoms with Crippen LogP contribution in [0, 0.1) is 0 Å². The van der Waals surface area contributed by atoms with Crippen LogP contribution in [0.4, 0.5) is 11.4 Å². The van der Waals surface area contributed by atoms with Crippen molar-refractivity contribution >= 4 is 83.9 Å². The third-order valence-corrected chi connectivity index (χ3v) is 21.7. The first-order valence-electron chi connectivity index (χ1n) is 22.9. The second-order valence-corrected chi connectivity index (χ2v) is 29.0. The van der Waals surface area contributed by atoms with Gasteiger partial charge < -0.3 is 25.3 Å². The van der Waals surface area contributed by atoms with Gasteiger partial charge in [0.15, 0.2) is 0 Å². The second kappa shape index (κ2) is 24.1. The van der Waals surface area contributed by atoms with Crippen LogP contribution in [-0.2, 0) is 50.3 Å². The van der Waals surface area contributed by atoms with Crippen molar-refractivity contribution in [2.75, 3.05) is 76.3 Å². The minimum absolute atomic E-state index is 0.0247. The summed E-state index contributed by atoms with van der Waals surface area (Å²) in [7, 11) is -6.19. The highest BCUT2D eigenvalue weighted by atomic mass is 35.7. The Hall–Kier alpha value is -4.41. The molecule has 0 saturated carbocycles. The molecule has 2 fully saturated rings. The predicted molar refractivity (Wildman–Crippen MR) is 287 cm³/mol. The van der Waals surface area contributed by atoms with E-state index >= 15 is 0 Å². The second-order valence-electron chi connectivity index (χ2n) is 18.2. The van der Waals surface area contributed by atoms with Gasteiger partial charge in [-0.2, -0.15) is 12.9 Å². The van der Waals surface area contributed by atoms with Gasteiger partial charge in [-0.3, -0.25) is 9.97 Å². The number of sulfonamides is 3. The molecule has 0 spiro atoms. The number of nitrogens with one attached hydrogen (secondary N) is 1. The summed E-state index contributed by atoms with van der Waals surface area (Å²) in [5, 5.41) is 27.1. The molecular weight excluding hydrogens is 1080 g/mol. The van der Waals surface area contributed by atoms with Gasteiger partial charge >= 0.3 is 0 Å². The lowest BCUT2D eigenvalue weighted by Gasteiger charge is -2.43. The molecule has 4 aromatic heterocycles. The summed E-state index contributed by atoms with van der Waals surface area (Å²) in [6, 6.07) is 27.5. The van der Waals surface area contributed by atoms with Crippen LogP contribution in [-0.4, -0.2) is 145 Å². The Bertz CT molecular complexity index is 3150. The molecule has 0 unspecified atom stereocenters. The molecule has 6 heterocycles. The van der Waals surface area contributed by atoms with E-state index in [2.05, 4.69) is 20.2 Å². The number of halogens is 1. The zero-order valence-corrected chi connectivity index (χ0v) is 46.8. The van der Waals surface area contributed by atoms with Gasteiger partial charge in [0.1, 0.15) is 18.2 Å². The van der Waals surface area contributed by atoms with Crippen molar-refractivity contribution in [1.82, 2.24) is 28.2 Å². The summed E-state index contributed by atoms with van der Waals surface area (Å²) < 4.78 is 105. The maximum absolute atomic E-state index is 13.2. The lowest BCUT2D eigenvalue weighted by molar-refractivity contribution is 0.0780. The summed E-state index contributed by atoms with van der Waals surface area (Å²) in [6.45, 7) is 9.99. The SMILES string of the molecule is CN(C[C@H]1CN(S(=O)(=O)c2cccs2)CCN1c1ccc(C(C)(C)O)cc1)S(=O)(=O)c1cccnc1.CNC[C@H]1CN(S(=O)(=O)c2cccs2)CCN1c1ccc(C(C)(C)O)cc1.O=S(=O)(Cl)c1cccnc1. The maximum Gasteiger partial charge on any atom is 0.262 e. The van der Waals surface area contributed by atoms with E-state index in [1.807, 2.05) is 60.5 Å². The fraction of sp³-hybridized carbons (Fsp3) is 0.375. The predicted octanol–water partition coefficient (Wildman–Crippen LogP) is 5.65. The summed E-state index contributed by atoms with van der Waals surface area (Å²) in [5.41, 5.74) is 1.60. The number of hydrogen-bond acceptors (Lipinski definition) is 17. The Labute approximate surface area is 442 Å². The monoisotopic (exact) mass is 1140 g/mol. The lowest BCUT2D eigenvalue weighted by Crippen LogP contribution is -2.58. The molecular formula is C48H61ClN8O10S6. The van der Waals surface area contributed by atoms with E-state index in [-0.39, 0.29) is 39.7 Å². The number of likely N-dealkylation sites (N-methyl/N-ethyl adjacent to an activating group) is 2. The van der Waals surface area contributed by atoms with Gasteiger partial charge in [0.05, 0.1) is 23.3 Å². The van der Waals surface area contributed by atoms with Gasteiger partial charge in [-0.1, -0.05) is 36.4 Å². The normalized spacial score (nSPS) is 17.6. The highest BCUT2D eigenvalue weighted by Crippen LogP contribution is 2.31. The molecule has 2 atom stereocenters. The summed E-state index contributed by atoms with van der Waals surface area (Å²) >= 11 is 2.42. The molecule has 2 aliphatic heterocycles. The van der Waals surface area contributed by atoms with E-state index in [0.29, 0.717) is 36.9 Å². The number of aromatic nitrogens is 2. The highest BCUT2D eigenvalue weighted by molar-refractivity contribution is 8.13. The van der Waals surface area contributed by atoms with Gasteiger partial charge in [0.2, 0.25) is 10.0 Å². The molecule has 8 rings (SSSR count). The first kappa shape index (κ1) is 57.9. The van der Waals surface area contributed by atoms with E-state index in [1.165, 1.54) is 70.0 Å². The lowest BCUT2D eigenvalue weighted by atomic mass is 9.98. The zero-order chi connectivity index (χ0) is 53.4. The number of anilines is 2. The van der Waals surface area contributed by atoms with Gasteiger partial charge in [0, 0.05) is 106 Å². The van der Waals surface area contributed by atoms with E-state index in [0.717, 1.165) is 33.8 Å². The van der Waals surface area contributed by atoms with E-state index < -0.39 is 56.4 Å². The minimum atomic E-state index is -3.82. The van der Waals surface area contributed by atoms with Gasteiger partial charge in [-0.25, -0.2) is 33.7 Å². The smallest absolute Gasteiger partial charge is 0.262 e. The number of thiophene rings is 2. The van der Waals surface area contributed by atoms with Crippen molar-refractivity contribution in [3.63, 3.8) is 0 Å². The number of hydrogen-bond donors (Lipinski definition) is 3. The quantitative estimate of drug-likeness (QED) is 0.106. The van der Waals surface area contributed by atoms with Crippen LogP contribution in [0.1, 0.15) is 38.8 Å². The van der Waals surface area contributed by atoms with E-state index in [9.17, 15) is 43.9 Å². The fourth-order valence-corrected chi connectivity index (χ4v) is 15.2. The average molecular weight is 1140 g/mol. The minimum Gasteiger partial charge on any atom is -0.386 e. The molecule has 0 radical (unpaired) electrons. The van der Waals surface area contributed by atoms with Crippen LogP contribution < -0.4 is 15.1 Å². The molecule has 0 aliphatic carbocycles. The average Bonchev–Trinajstić information content (AvgIpc) is 4.12. The molecule has 3 N–H and O–H groups in total. The van der Waals surface area contributed by atoms with Crippen LogP contribution in [0.25, 0.3) is 0 Å². The molecule has 6 aromatic rings. The van der Waals surface area contributed by atoms with Crippen molar-refractivity contribution in [2.45, 2.75) is 69.2 Å². The van der Waals surface area contributed by atoms with E-state index in [1.54, 1.807) is 73.1 Å². The molecule has 25 heteroatoms. The van der Waals surface area contributed by atoms with Crippen LogP contribution in [0.3, 0.4) is 0 Å². The summed E-state index contributed by atoms with van der Waals surface area (Å²) in [5.74, 6) is 0. The Kier molecular flexibility index (Phi) is 19.1. The Morgan fingerprint density at radius 3 is 1.41 bits per heavy atom. The molecule has 73 heavy (non-hydrogen) atoms. The van der Waals surface area contributed by atoms with Gasteiger partial charge in [0.25, 0.3) is 29.1 Å². The molecule has 2 aliphatic rings. The zero-order valence-electron chi connectivity index (χ0n) is 41.1. The van der Waals surface area contributed by atoms with Crippen molar-refractivity contribution < 1.29 is 43.9 Å². The first-order valence-corrected chi connectivity index (χ1v) is 31.3. The first-order chi connectivity index (χ1) is 34.2. The third-order valence-electron chi connectivity index (χ3n) is 12.0. The summed E-state index contributed by atoms with van der Waals surface area (Å²) in [6.07, 6.45) is 5.48. The number of nitrogens with zero attached hydrogens (tertiary/aromatic N) is 7. The number of benzene rings is 2. The van der Waals surface area contributed by atoms with Crippen LogP contribution in [0.15, 0.2) is 151 Å². The molecule has 0 bridgehead atoms. The molecule has 396 valence electrons. The molecule has 2 saturated heterocycles. The fourth-order valence-electron chi connectivity index (χ4n) is 8.10. The standard InChI is InChI=1S/C24H30N4O5S3.C19H27N3O3S2.C5H4ClNO2S/c1-24(2,29)19-8-10-20(11-9-19)28-14-13-27(36(32,33)23-7-5-15-34-23)18-21(28)17-26(3)35(30,31)22-6-4-12-25-16-22;1-19(2,23)15-6-8-16(9-7-15)22-11-10-21(14-17(22)13-20-3)27(24,25)18-5-4-12-26-18;6-10(8,9)5-2-1-3-7-4-5/h4-12,15-16,21,29H,13-14,17-18H2,1-3H3;4-9,12,17,20,23H,10-11,13-14H2,1-3H3;1-4H/t21-;17-;/m00./s1. The Morgan fingerprint density at radius 2 is 1.05 bits per heavy atom. The third kappa shape index (κ3) is 14.7. The molecule has 0 amide bonds. The van der Waals surface area contributed by atoms with Crippen molar-refractivity contribution in [2.24, 2.45) is 0 Å². The van der Waals surface area contributed by atoms with Crippen molar-refractivity contribution in [1.29, 1.82) is 0 Å². The highest BCUT2D eigenvalue weighted by Gasteiger charge is 2.38. The molecule has 2 aromatic carbocycles. The maximum atomic E-state index is 13.2.